The predicted octanol–water partition coefficient (Wildman–Crippen LogP) is 3.46. The molecule has 0 aromatic heterocycles. The van der Waals surface area contributed by atoms with E-state index in [1.165, 1.54) is 0 Å². The standard InChI is InChI=1S/C25H22FNO6/c26-21-11-14(24(30)31)9-10-19(21)23(29)22(28)12-27-25(32)33-13-20-17-7-3-1-5-15(17)16-6-2-4-8-18(16)20/h1-11,20,22-23,28-29H,12-13H2,(H,27,32)(H,30,31). The zero-order valence-corrected chi connectivity index (χ0v) is 17.4. The number of carbonyl (C=O) groups excluding carboxylic acids is 1. The van der Waals surface area contributed by atoms with E-state index in [-0.39, 0.29) is 23.7 Å². The summed E-state index contributed by atoms with van der Waals surface area (Å²) in [5, 5.41) is 31.6. The van der Waals surface area contributed by atoms with Crippen LogP contribution in [0.1, 0.15) is 39.1 Å². The molecule has 33 heavy (non-hydrogen) atoms. The summed E-state index contributed by atoms with van der Waals surface area (Å²) < 4.78 is 19.5. The number of amides is 1. The van der Waals surface area contributed by atoms with Gasteiger partial charge in [0.05, 0.1) is 5.56 Å². The summed E-state index contributed by atoms with van der Waals surface area (Å²) in [4.78, 5) is 23.1. The van der Waals surface area contributed by atoms with E-state index in [0.29, 0.717) is 0 Å². The van der Waals surface area contributed by atoms with Gasteiger partial charge in [0.1, 0.15) is 24.6 Å². The molecule has 3 aromatic rings. The molecule has 0 heterocycles. The highest BCUT2D eigenvalue weighted by molar-refractivity contribution is 5.87. The number of fused-ring (bicyclic) bond motifs is 3. The first-order chi connectivity index (χ1) is 15.9. The van der Waals surface area contributed by atoms with Crippen molar-refractivity contribution < 1.29 is 34.0 Å². The van der Waals surface area contributed by atoms with Crippen molar-refractivity contribution in [3.05, 3.63) is 94.8 Å². The third-order valence-corrected chi connectivity index (χ3v) is 5.73. The van der Waals surface area contributed by atoms with E-state index < -0.39 is 36.6 Å². The third-order valence-electron chi connectivity index (χ3n) is 5.73. The maximum atomic E-state index is 14.1. The number of rotatable bonds is 7. The molecule has 0 fully saturated rings. The number of alkyl carbamates (subject to hydrolysis) is 1. The minimum atomic E-state index is -1.67. The molecule has 1 amide bonds. The summed E-state index contributed by atoms with van der Waals surface area (Å²) in [5.41, 5.74) is 3.74. The molecule has 0 spiro atoms. The molecule has 1 aliphatic rings. The van der Waals surface area contributed by atoms with E-state index >= 15 is 0 Å². The fourth-order valence-corrected chi connectivity index (χ4v) is 4.06. The zero-order chi connectivity index (χ0) is 23.5. The largest absolute Gasteiger partial charge is 0.478 e. The number of ether oxygens (including phenoxy) is 1. The highest BCUT2D eigenvalue weighted by atomic mass is 19.1. The molecule has 3 aromatic carbocycles. The van der Waals surface area contributed by atoms with Gasteiger partial charge in [-0.1, -0.05) is 54.6 Å². The topological polar surface area (TPSA) is 116 Å². The molecule has 7 nitrogen and oxygen atoms in total. The van der Waals surface area contributed by atoms with E-state index in [4.69, 9.17) is 9.84 Å². The molecule has 4 N–H and O–H groups in total. The first-order valence-corrected chi connectivity index (χ1v) is 10.3. The van der Waals surface area contributed by atoms with Gasteiger partial charge >= 0.3 is 12.1 Å². The van der Waals surface area contributed by atoms with Crippen LogP contribution in [-0.2, 0) is 4.74 Å². The molecule has 0 saturated carbocycles. The lowest BCUT2D eigenvalue weighted by Gasteiger charge is -2.20. The van der Waals surface area contributed by atoms with Gasteiger partial charge in [0, 0.05) is 18.0 Å². The number of nitrogens with one attached hydrogen (secondary N) is 1. The quantitative estimate of drug-likeness (QED) is 0.437. The Morgan fingerprint density at radius 3 is 2.15 bits per heavy atom. The Morgan fingerprint density at radius 1 is 0.970 bits per heavy atom. The summed E-state index contributed by atoms with van der Waals surface area (Å²) in [6, 6.07) is 18.8. The molecule has 0 aliphatic heterocycles. The highest BCUT2D eigenvalue weighted by Crippen LogP contribution is 2.44. The second kappa shape index (κ2) is 9.40. The zero-order valence-electron chi connectivity index (χ0n) is 17.4. The van der Waals surface area contributed by atoms with Crippen LogP contribution in [0.2, 0.25) is 0 Å². The summed E-state index contributed by atoms with van der Waals surface area (Å²) in [5.74, 6) is -2.41. The van der Waals surface area contributed by atoms with Crippen LogP contribution in [0.5, 0.6) is 0 Å². The monoisotopic (exact) mass is 451 g/mol. The second-order valence-electron chi connectivity index (χ2n) is 7.76. The van der Waals surface area contributed by atoms with E-state index in [9.17, 15) is 24.2 Å². The maximum Gasteiger partial charge on any atom is 0.407 e. The third kappa shape index (κ3) is 4.57. The van der Waals surface area contributed by atoms with Crippen LogP contribution >= 0.6 is 0 Å². The number of aliphatic hydroxyl groups excluding tert-OH is 2. The summed E-state index contributed by atoms with van der Waals surface area (Å²) in [6.45, 7) is -0.304. The number of benzene rings is 3. The SMILES string of the molecule is O=C(NCC(O)C(O)c1ccc(C(=O)O)cc1F)OCC1c2ccccc2-c2ccccc21. The van der Waals surface area contributed by atoms with Gasteiger partial charge in [-0.15, -0.1) is 0 Å². The minimum absolute atomic E-state index is 0.0871. The van der Waals surface area contributed by atoms with Crippen molar-refractivity contribution in [3.63, 3.8) is 0 Å². The van der Waals surface area contributed by atoms with Gasteiger partial charge in [-0.25, -0.2) is 14.0 Å². The molecule has 0 radical (unpaired) electrons. The Kier molecular flexibility index (Phi) is 6.39. The molecular formula is C25H22FNO6. The van der Waals surface area contributed by atoms with E-state index in [2.05, 4.69) is 5.32 Å². The van der Waals surface area contributed by atoms with Crippen LogP contribution in [0.4, 0.5) is 9.18 Å². The number of aliphatic hydroxyl groups is 2. The average Bonchev–Trinajstić information content (AvgIpc) is 3.14. The van der Waals surface area contributed by atoms with Crippen LogP contribution in [0.3, 0.4) is 0 Å². The van der Waals surface area contributed by atoms with Crippen LogP contribution < -0.4 is 5.32 Å². The second-order valence-corrected chi connectivity index (χ2v) is 7.76. The lowest BCUT2D eigenvalue weighted by molar-refractivity contribution is 0.0165. The Labute approximate surface area is 189 Å². The van der Waals surface area contributed by atoms with E-state index in [1.54, 1.807) is 0 Å². The van der Waals surface area contributed by atoms with Gasteiger partial charge in [0.15, 0.2) is 0 Å². The van der Waals surface area contributed by atoms with Gasteiger partial charge in [0.2, 0.25) is 0 Å². The summed E-state index contributed by atoms with van der Waals surface area (Å²) in [6.07, 6.45) is -3.98. The van der Waals surface area contributed by atoms with E-state index in [1.807, 2.05) is 48.5 Å². The molecule has 8 heteroatoms. The van der Waals surface area contributed by atoms with E-state index in [0.717, 1.165) is 40.5 Å². The van der Waals surface area contributed by atoms with Crippen molar-refractivity contribution in [2.75, 3.05) is 13.2 Å². The fourth-order valence-electron chi connectivity index (χ4n) is 4.06. The van der Waals surface area contributed by atoms with Crippen LogP contribution in [-0.4, -0.2) is 46.6 Å². The van der Waals surface area contributed by atoms with Crippen molar-refractivity contribution in [1.29, 1.82) is 0 Å². The average molecular weight is 451 g/mol. The van der Waals surface area contributed by atoms with Crippen molar-refractivity contribution in [3.8, 4) is 11.1 Å². The number of hydrogen-bond acceptors (Lipinski definition) is 5. The van der Waals surface area contributed by atoms with Crippen molar-refractivity contribution >= 4 is 12.1 Å². The van der Waals surface area contributed by atoms with Gasteiger partial charge in [-0.3, -0.25) is 0 Å². The van der Waals surface area contributed by atoms with Crippen molar-refractivity contribution in [2.45, 2.75) is 18.1 Å². The van der Waals surface area contributed by atoms with Crippen LogP contribution in [0.15, 0.2) is 66.7 Å². The number of carboxylic acids is 1. The number of carboxylic acid groups (broad SMARTS) is 1. The normalized spacial score (nSPS) is 14.2. The Hall–Kier alpha value is -3.75. The van der Waals surface area contributed by atoms with Gasteiger partial charge < -0.3 is 25.4 Å². The van der Waals surface area contributed by atoms with Crippen molar-refractivity contribution in [1.82, 2.24) is 5.32 Å². The number of hydrogen-bond donors (Lipinski definition) is 4. The van der Waals surface area contributed by atoms with Gasteiger partial charge in [0.25, 0.3) is 0 Å². The van der Waals surface area contributed by atoms with Crippen molar-refractivity contribution in [2.24, 2.45) is 0 Å². The molecule has 2 unspecified atom stereocenters. The Bertz CT molecular complexity index is 1150. The Morgan fingerprint density at radius 2 is 1.58 bits per heavy atom. The molecule has 4 rings (SSSR count). The Balaban J connectivity index is 1.34. The van der Waals surface area contributed by atoms with Crippen LogP contribution in [0, 0.1) is 5.82 Å². The summed E-state index contributed by atoms with van der Waals surface area (Å²) in [7, 11) is 0. The van der Waals surface area contributed by atoms with Gasteiger partial charge in [-0.2, -0.15) is 0 Å². The maximum absolute atomic E-state index is 14.1. The van der Waals surface area contributed by atoms with Gasteiger partial charge in [-0.05, 0) is 34.4 Å². The molecule has 0 bridgehead atoms. The summed E-state index contributed by atoms with van der Waals surface area (Å²) >= 11 is 0. The molecular weight excluding hydrogens is 429 g/mol. The number of aromatic carboxylic acids is 1. The first kappa shape index (κ1) is 22.4. The lowest BCUT2D eigenvalue weighted by atomic mass is 9.98. The lowest BCUT2D eigenvalue weighted by Crippen LogP contribution is -2.36. The predicted molar refractivity (Wildman–Crippen MR) is 117 cm³/mol. The minimum Gasteiger partial charge on any atom is -0.478 e. The molecule has 1 aliphatic carbocycles. The smallest absolute Gasteiger partial charge is 0.407 e. The number of halogens is 1. The number of carbonyl (C=O) groups is 2. The molecule has 0 saturated heterocycles. The first-order valence-electron chi connectivity index (χ1n) is 10.3. The molecule has 2 atom stereocenters. The molecule has 170 valence electrons. The highest BCUT2D eigenvalue weighted by Gasteiger charge is 2.29. The van der Waals surface area contributed by atoms with Crippen LogP contribution in [0.25, 0.3) is 11.1 Å². The fraction of sp³-hybridized carbons (Fsp3) is 0.200.